The molecule has 0 bridgehead atoms. The SMILES string of the molecule is CC(C)CNCCOC(F)(F)F. The summed E-state index contributed by atoms with van der Waals surface area (Å²) in [5.41, 5.74) is 0. The van der Waals surface area contributed by atoms with Gasteiger partial charge < -0.3 is 5.32 Å². The van der Waals surface area contributed by atoms with Gasteiger partial charge in [-0.15, -0.1) is 13.2 Å². The molecule has 0 aromatic heterocycles. The van der Waals surface area contributed by atoms with Crippen molar-refractivity contribution in [2.75, 3.05) is 19.7 Å². The van der Waals surface area contributed by atoms with Crippen molar-refractivity contribution in [1.82, 2.24) is 5.32 Å². The topological polar surface area (TPSA) is 21.3 Å². The third-order valence-corrected chi connectivity index (χ3v) is 1.10. The lowest BCUT2D eigenvalue weighted by molar-refractivity contribution is -0.323. The van der Waals surface area contributed by atoms with Crippen LogP contribution >= 0.6 is 0 Å². The maximum Gasteiger partial charge on any atom is 0.522 e. The van der Waals surface area contributed by atoms with E-state index in [1.54, 1.807) is 0 Å². The zero-order valence-corrected chi connectivity index (χ0v) is 7.24. The number of rotatable bonds is 5. The number of halogens is 3. The number of hydrogen-bond acceptors (Lipinski definition) is 2. The van der Waals surface area contributed by atoms with Gasteiger partial charge in [0.15, 0.2) is 0 Å². The second-order valence-corrected chi connectivity index (χ2v) is 2.89. The molecule has 0 fully saturated rings. The van der Waals surface area contributed by atoms with Crippen LogP contribution in [0.2, 0.25) is 0 Å². The predicted octanol–water partition coefficient (Wildman–Crippen LogP) is 1.77. The number of ether oxygens (including phenoxy) is 1. The summed E-state index contributed by atoms with van der Waals surface area (Å²) in [5, 5.41) is 2.83. The summed E-state index contributed by atoms with van der Waals surface area (Å²) in [5.74, 6) is 0.441. The third kappa shape index (κ3) is 9.71. The van der Waals surface area contributed by atoms with Crippen LogP contribution in [0.3, 0.4) is 0 Å². The van der Waals surface area contributed by atoms with E-state index in [0.29, 0.717) is 12.5 Å². The van der Waals surface area contributed by atoms with Crippen LogP contribution in [0, 0.1) is 5.92 Å². The molecule has 0 rings (SSSR count). The quantitative estimate of drug-likeness (QED) is 0.659. The molecule has 0 aliphatic rings. The number of alkyl halides is 3. The van der Waals surface area contributed by atoms with Gasteiger partial charge in [0.25, 0.3) is 0 Å². The minimum absolute atomic E-state index is 0.234. The van der Waals surface area contributed by atoms with Gasteiger partial charge in [-0.25, -0.2) is 0 Å². The second kappa shape index (κ2) is 5.37. The Hall–Kier alpha value is -0.290. The lowest BCUT2D eigenvalue weighted by Crippen LogP contribution is -2.26. The Morgan fingerprint density at radius 1 is 1.33 bits per heavy atom. The smallest absolute Gasteiger partial charge is 0.314 e. The molecule has 0 aliphatic carbocycles. The standard InChI is InChI=1S/C7H14F3NO/c1-6(2)5-11-3-4-12-7(8,9)10/h6,11H,3-5H2,1-2H3. The van der Waals surface area contributed by atoms with Crippen molar-refractivity contribution < 1.29 is 17.9 Å². The highest BCUT2D eigenvalue weighted by atomic mass is 19.4. The minimum atomic E-state index is -4.50. The first-order valence-corrected chi connectivity index (χ1v) is 3.83. The number of hydrogen-bond donors (Lipinski definition) is 1. The maximum absolute atomic E-state index is 11.4. The highest BCUT2D eigenvalue weighted by molar-refractivity contribution is 4.49. The molecular formula is C7H14F3NO. The molecule has 1 N–H and O–H groups in total. The summed E-state index contributed by atoms with van der Waals surface area (Å²) in [6, 6.07) is 0. The highest BCUT2D eigenvalue weighted by Crippen LogP contribution is 2.14. The van der Waals surface area contributed by atoms with Crippen LogP contribution < -0.4 is 5.32 Å². The minimum Gasteiger partial charge on any atom is -0.314 e. The molecule has 0 atom stereocenters. The van der Waals surface area contributed by atoms with Crippen molar-refractivity contribution in [1.29, 1.82) is 0 Å². The first-order valence-electron chi connectivity index (χ1n) is 3.83. The van der Waals surface area contributed by atoms with Crippen LogP contribution in [0.5, 0.6) is 0 Å². The average molecular weight is 185 g/mol. The van der Waals surface area contributed by atoms with Crippen molar-refractivity contribution in [2.45, 2.75) is 20.2 Å². The van der Waals surface area contributed by atoms with Crippen molar-refractivity contribution in [3.05, 3.63) is 0 Å². The van der Waals surface area contributed by atoms with Gasteiger partial charge in [-0.2, -0.15) is 0 Å². The van der Waals surface area contributed by atoms with Crippen molar-refractivity contribution in [3.63, 3.8) is 0 Å². The van der Waals surface area contributed by atoms with Crippen molar-refractivity contribution in [2.24, 2.45) is 5.92 Å². The van der Waals surface area contributed by atoms with Gasteiger partial charge >= 0.3 is 6.36 Å². The van der Waals surface area contributed by atoms with E-state index in [0.717, 1.165) is 0 Å². The summed E-state index contributed by atoms with van der Waals surface area (Å²) < 4.78 is 37.7. The lowest BCUT2D eigenvalue weighted by Gasteiger charge is -2.09. The van der Waals surface area contributed by atoms with Gasteiger partial charge in [-0.1, -0.05) is 13.8 Å². The van der Waals surface area contributed by atoms with Gasteiger partial charge in [0.2, 0.25) is 0 Å². The summed E-state index contributed by atoms with van der Waals surface area (Å²) in [4.78, 5) is 0. The van der Waals surface area contributed by atoms with Crippen LogP contribution in [-0.2, 0) is 4.74 Å². The molecule has 0 aromatic carbocycles. The Labute approximate surface area is 70.1 Å². The summed E-state index contributed by atoms with van der Waals surface area (Å²) in [6.45, 7) is 4.59. The summed E-state index contributed by atoms with van der Waals surface area (Å²) in [6.07, 6.45) is -4.50. The van der Waals surface area contributed by atoms with E-state index in [2.05, 4.69) is 10.1 Å². The fraction of sp³-hybridized carbons (Fsp3) is 1.00. The molecule has 0 spiro atoms. The lowest BCUT2D eigenvalue weighted by atomic mass is 10.2. The molecule has 0 aliphatic heterocycles. The monoisotopic (exact) mass is 185 g/mol. The Morgan fingerprint density at radius 3 is 2.33 bits per heavy atom. The molecule has 0 unspecified atom stereocenters. The molecule has 5 heteroatoms. The maximum atomic E-state index is 11.4. The first-order chi connectivity index (χ1) is 5.42. The van der Waals surface area contributed by atoms with E-state index in [-0.39, 0.29) is 13.2 Å². The fourth-order valence-electron chi connectivity index (χ4n) is 0.630. The van der Waals surface area contributed by atoms with Crippen molar-refractivity contribution in [3.8, 4) is 0 Å². The van der Waals surface area contributed by atoms with E-state index in [9.17, 15) is 13.2 Å². The number of nitrogens with one attached hydrogen (secondary N) is 1. The Bertz CT molecular complexity index is 114. The molecule has 0 saturated heterocycles. The van der Waals surface area contributed by atoms with E-state index < -0.39 is 6.36 Å². The predicted molar refractivity (Wildman–Crippen MR) is 39.7 cm³/mol. The molecule has 0 aromatic rings. The molecule has 12 heavy (non-hydrogen) atoms. The van der Waals surface area contributed by atoms with Gasteiger partial charge in [0.05, 0.1) is 6.61 Å². The zero-order valence-electron chi connectivity index (χ0n) is 7.24. The normalized spacial score (nSPS) is 12.5. The first kappa shape index (κ1) is 11.7. The molecule has 74 valence electrons. The largest absolute Gasteiger partial charge is 0.522 e. The molecule has 0 heterocycles. The average Bonchev–Trinajstić information content (AvgIpc) is 1.83. The zero-order chi connectivity index (χ0) is 9.61. The fourth-order valence-corrected chi connectivity index (χ4v) is 0.630. The van der Waals surface area contributed by atoms with E-state index in [1.165, 1.54) is 0 Å². The molecule has 0 amide bonds. The Balaban J connectivity index is 3.12. The van der Waals surface area contributed by atoms with Crippen LogP contribution in [-0.4, -0.2) is 26.1 Å². The van der Waals surface area contributed by atoms with Crippen LogP contribution in [0.25, 0.3) is 0 Å². The summed E-state index contributed by atoms with van der Waals surface area (Å²) >= 11 is 0. The Morgan fingerprint density at radius 2 is 1.92 bits per heavy atom. The molecule has 0 radical (unpaired) electrons. The van der Waals surface area contributed by atoms with E-state index in [1.807, 2.05) is 13.8 Å². The van der Waals surface area contributed by atoms with Crippen molar-refractivity contribution >= 4 is 0 Å². The molecular weight excluding hydrogens is 171 g/mol. The van der Waals surface area contributed by atoms with E-state index >= 15 is 0 Å². The molecule has 0 saturated carbocycles. The molecule has 2 nitrogen and oxygen atoms in total. The van der Waals surface area contributed by atoms with Gasteiger partial charge in [0, 0.05) is 6.54 Å². The van der Waals surface area contributed by atoms with Crippen LogP contribution in [0.4, 0.5) is 13.2 Å². The van der Waals surface area contributed by atoms with Gasteiger partial charge in [-0.3, -0.25) is 4.74 Å². The van der Waals surface area contributed by atoms with Gasteiger partial charge in [0.1, 0.15) is 0 Å². The van der Waals surface area contributed by atoms with Crippen LogP contribution in [0.15, 0.2) is 0 Å². The van der Waals surface area contributed by atoms with Gasteiger partial charge in [-0.05, 0) is 12.5 Å². The van der Waals surface area contributed by atoms with E-state index in [4.69, 9.17) is 0 Å². The summed E-state index contributed by atoms with van der Waals surface area (Å²) in [7, 11) is 0. The highest BCUT2D eigenvalue weighted by Gasteiger charge is 2.28. The Kier molecular flexibility index (Phi) is 5.24. The third-order valence-electron chi connectivity index (χ3n) is 1.10. The van der Waals surface area contributed by atoms with Crippen LogP contribution in [0.1, 0.15) is 13.8 Å². The second-order valence-electron chi connectivity index (χ2n) is 2.89.